The second-order valence-corrected chi connectivity index (χ2v) is 6.46. The van der Waals surface area contributed by atoms with E-state index in [1.807, 2.05) is 19.1 Å². The molecule has 1 saturated carbocycles. The van der Waals surface area contributed by atoms with Crippen LogP contribution in [0.5, 0.6) is 5.75 Å². The van der Waals surface area contributed by atoms with Gasteiger partial charge in [-0.2, -0.15) is 0 Å². The number of hydrogen-bond donors (Lipinski definition) is 0. The van der Waals surface area contributed by atoms with E-state index in [-0.39, 0.29) is 17.8 Å². The normalized spacial score (nSPS) is 16.4. The van der Waals surface area contributed by atoms with Gasteiger partial charge in [0.2, 0.25) is 0 Å². The zero-order valence-electron chi connectivity index (χ0n) is 12.5. The molecule has 1 aliphatic carbocycles. The summed E-state index contributed by atoms with van der Waals surface area (Å²) in [6.07, 6.45) is 5.43. The van der Waals surface area contributed by atoms with E-state index >= 15 is 0 Å². The molecule has 0 unspecified atom stereocenters. The molecule has 0 radical (unpaired) electrons. The summed E-state index contributed by atoms with van der Waals surface area (Å²) < 4.78 is 5.68. The Morgan fingerprint density at radius 2 is 1.90 bits per heavy atom. The predicted molar refractivity (Wildman–Crippen MR) is 82.5 cm³/mol. The van der Waals surface area contributed by atoms with Crippen molar-refractivity contribution in [2.24, 2.45) is 5.92 Å². The van der Waals surface area contributed by atoms with Crippen LogP contribution in [-0.2, 0) is 4.79 Å². The predicted octanol–water partition coefficient (Wildman–Crippen LogP) is 5.26. The van der Waals surface area contributed by atoms with E-state index in [0.29, 0.717) is 5.75 Å². The number of esters is 1. The van der Waals surface area contributed by atoms with Crippen LogP contribution in [-0.4, -0.2) is 5.97 Å². The van der Waals surface area contributed by atoms with Crippen molar-refractivity contribution in [1.29, 1.82) is 0 Å². The summed E-state index contributed by atoms with van der Waals surface area (Å²) >= 11 is 6.17. The molecule has 1 aliphatic rings. The average molecular weight is 295 g/mol. The molecule has 0 N–H and O–H groups in total. The molecule has 0 amide bonds. The van der Waals surface area contributed by atoms with Crippen molar-refractivity contribution in [3.05, 3.63) is 28.3 Å². The van der Waals surface area contributed by atoms with E-state index in [0.717, 1.165) is 41.8 Å². The fourth-order valence-electron chi connectivity index (χ4n) is 2.74. The molecule has 0 heterocycles. The van der Waals surface area contributed by atoms with E-state index in [1.54, 1.807) is 0 Å². The lowest BCUT2D eigenvalue weighted by atomic mass is 9.89. The van der Waals surface area contributed by atoms with Gasteiger partial charge in [0, 0.05) is 5.02 Å². The van der Waals surface area contributed by atoms with Gasteiger partial charge in [0.05, 0.1) is 5.92 Å². The van der Waals surface area contributed by atoms with Gasteiger partial charge < -0.3 is 4.74 Å². The first-order valence-corrected chi connectivity index (χ1v) is 7.88. The van der Waals surface area contributed by atoms with E-state index < -0.39 is 0 Å². The van der Waals surface area contributed by atoms with Crippen molar-refractivity contribution in [2.75, 3.05) is 0 Å². The number of benzene rings is 1. The minimum atomic E-state index is -0.0756. The lowest BCUT2D eigenvalue weighted by Crippen LogP contribution is -2.23. The molecule has 0 atom stereocenters. The maximum absolute atomic E-state index is 12.3. The molecular formula is C17H23ClO2. The molecule has 1 aromatic rings. The molecular weight excluding hydrogens is 272 g/mol. The lowest BCUT2D eigenvalue weighted by Gasteiger charge is -2.21. The number of halogens is 1. The Kier molecular flexibility index (Phi) is 5.09. The van der Waals surface area contributed by atoms with Crippen LogP contribution in [0.3, 0.4) is 0 Å². The van der Waals surface area contributed by atoms with Crippen molar-refractivity contribution in [3.8, 4) is 5.75 Å². The van der Waals surface area contributed by atoms with Crippen LogP contribution in [0, 0.1) is 12.8 Å². The van der Waals surface area contributed by atoms with E-state index in [4.69, 9.17) is 16.3 Å². The summed E-state index contributed by atoms with van der Waals surface area (Å²) in [6.45, 7) is 6.10. The van der Waals surface area contributed by atoms with Crippen LogP contribution in [0.2, 0.25) is 5.02 Å². The maximum Gasteiger partial charge on any atom is 0.314 e. The first-order chi connectivity index (χ1) is 9.49. The van der Waals surface area contributed by atoms with Gasteiger partial charge in [-0.3, -0.25) is 4.79 Å². The summed E-state index contributed by atoms with van der Waals surface area (Å²) in [5.74, 6) is 0.952. The summed E-state index contributed by atoms with van der Waals surface area (Å²) in [5.41, 5.74) is 1.95. The highest BCUT2D eigenvalue weighted by Gasteiger charge is 2.24. The number of carbonyl (C=O) groups is 1. The van der Waals surface area contributed by atoms with E-state index in [9.17, 15) is 4.79 Å². The van der Waals surface area contributed by atoms with Gasteiger partial charge in [-0.05, 0) is 48.9 Å². The van der Waals surface area contributed by atoms with Crippen LogP contribution >= 0.6 is 11.6 Å². The number of rotatable bonds is 3. The molecule has 20 heavy (non-hydrogen) atoms. The topological polar surface area (TPSA) is 26.3 Å². The summed E-state index contributed by atoms with van der Waals surface area (Å²) in [5, 5.41) is 0.728. The van der Waals surface area contributed by atoms with Crippen LogP contribution in [0.25, 0.3) is 0 Å². The van der Waals surface area contributed by atoms with Gasteiger partial charge in [0.1, 0.15) is 5.75 Å². The van der Waals surface area contributed by atoms with Crippen molar-refractivity contribution < 1.29 is 9.53 Å². The summed E-state index contributed by atoms with van der Waals surface area (Å²) in [7, 11) is 0. The SMILES string of the molecule is Cc1cc(OC(=O)C2CCCCC2)c(C(C)C)cc1Cl. The van der Waals surface area contributed by atoms with Gasteiger partial charge in [-0.15, -0.1) is 0 Å². The van der Waals surface area contributed by atoms with E-state index in [1.165, 1.54) is 6.42 Å². The average Bonchev–Trinajstić information content (AvgIpc) is 2.43. The quantitative estimate of drug-likeness (QED) is 0.561. The molecule has 1 aromatic carbocycles. The number of ether oxygens (including phenoxy) is 1. The Morgan fingerprint density at radius 3 is 2.50 bits per heavy atom. The monoisotopic (exact) mass is 294 g/mol. The third-order valence-electron chi connectivity index (χ3n) is 4.06. The minimum Gasteiger partial charge on any atom is -0.426 e. The van der Waals surface area contributed by atoms with Gasteiger partial charge in [-0.1, -0.05) is 44.7 Å². The standard InChI is InChI=1S/C17H23ClO2/c1-11(2)14-10-15(18)12(3)9-16(14)20-17(19)13-7-5-4-6-8-13/h9-11,13H,4-8H2,1-3H3. The van der Waals surface area contributed by atoms with Crippen molar-refractivity contribution in [2.45, 2.75) is 58.8 Å². The Hall–Kier alpha value is -1.02. The zero-order valence-corrected chi connectivity index (χ0v) is 13.3. The molecule has 0 aliphatic heterocycles. The van der Waals surface area contributed by atoms with Gasteiger partial charge in [0.15, 0.2) is 0 Å². The first-order valence-electron chi connectivity index (χ1n) is 7.50. The van der Waals surface area contributed by atoms with Crippen LogP contribution in [0.4, 0.5) is 0 Å². The fraction of sp³-hybridized carbons (Fsp3) is 0.588. The summed E-state index contributed by atoms with van der Waals surface area (Å²) in [6, 6.07) is 3.81. The molecule has 2 nitrogen and oxygen atoms in total. The van der Waals surface area contributed by atoms with Crippen molar-refractivity contribution in [1.82, 2.24) is 0 Å². The Morgan fingerprint density at radius 1 is 1.25 bits per heavy atom. The van der Waals surface area contributed by atoms with Crippen molar-refractivity contribution in [3.63, 3.8) is 0 Å². The Bertz CT molecular complexity index is 488. The van der Waals surface area contributed by atoms with Crippen LogP contribution in [0.1, 0.15) is 63.0 Å². The van der Waals surface area contributed by atoms with Gasteiger partial charge in [0.25, 0.3) is 0 Å². The molecule has 0 spiro atoms. The Balaban J connectivity index is 2.19. The molecule has 110 valence electrons. The largest absolute Gasteiger partial charge is 0.426 e. The lowest BCUT2D eigenvalue weighted by molar-refractivity contribution is -0.140. The number of carbonyl (C=O) groups excluding carboxylic acids is 1. The minimum absolute atomic E-state index is 0.0692. The zero-order chi connectivity index (χ0) is 14.7. The van der Waals surface area contributed by atoms with Gasteiger partial charge >= 0.3 is 5.97 Å². The molecule has 1 fully saturated rings. The van der Waals surface area contributed by atoms with Crippen LogP contribution < -0.4 is 4.74 Å². The summed E-state index contributed by atoms with van der Waals surface area (Å²) in [4.78, 5) is 12.3. The smallest absolute Gasteiger partial charge is 0.314 e. The van der Waals surface area contributed by atoms with Gasteiger partial charge in [-0.25, -0.2) is 0 Å². The Labute approximate surface area is 126 Å². The fourth-order valence-corrected chi connectivity index (χ4v) is 2.91. The highest BCUT2D eigenvalue weighted by atomic mass is 35.5. The molecule has 0 saturated heterocycles. The maximum atomic E-state index is 12.3. The van der Waals surface area contributed by atoms with E-state index in [2.05, 4.69) is 13.8 Å². The van der Waals surface area contributed by atoms with Crippen molar-refractivity contribution >= 4 is 17.6 Å². The number of aryl methyl sites for hydroxylation is 1. The first kappa shape index (κ1) is 15.4. The van der Waals surface area contributed by atoms with Crippen LogP contribution in [0.15, 0.2) is 12.1 Å². The second kappa shape index (κ2) is 6.62. The highest BCUT2D eigenvalue weighted by molar-refractivity contribution is 6.31. The third-order valence-corrected chi connectivity index (χ3v) is 4.47. The molecule has 3 heteroatoms. The molecule has 0 bridgehead atoms. The number of hydrogen-bond acceptors (Lipinski definition) is 2. The highest BCUT2D eigenvalue weighted by Crippen LogP contribution is 2.33. The molecule has 0 aromatic heterocycles. The molecule has 2 rings (SSSR count). The third kappa shape index (κ3) is 3.54. The second-order valence-electron chi connectivity index (χ2n) is 6.05.